The maximum atomic E-state index is 12.6. The van der Waals surface area contributed by atoms with E-state index in [2.05, 4.69) is 10.4 Å². The van der Waals surface area contributed by atoms with Crippen LogP contribution in [0.25, 0.3) is 0 Å². The van der Waals surface area contributed by atoms with E-state index in [-0.39, 0.29) is 37.9 Å². The van der Waals surface area contributed by atoms with Crippen molar-refractivity contribution in [3.63, 3.8) is 0 Å². The molecular formula is C12H16F3N3O2. The minimum Gasteiger partial charge on any atom is -0.395 e. The Morgan fingerprint density at radius 2 is 2.20 bits per heavy atom. The standard InChI is InChI=1S/C12H16F3N3O2/c13-12(14,15)10-7-9(8-1-2-8)18(17-10)5-3-11(20)16-4-6-19/h7-8,19H,1-6H2,(H,16,20). The highest BCUT2D eigenvalue weighted by Crippen LogP contribution is 2.42. The number of nitrogens with zero attached hydrogens (tertiary/aromatic N) is 2. The molecule has 8 heteroatoms. The van der Waals surface area contributed by atoms with Gasteiger partial charge in [0.05, 0.1) is 6.61 Å². The number of aryl methyl sites for hydroxylation is 1. The van der Waals surface area contributed by atoms with Gasteiger partial charge in [-0.2, -0.15) is 18.3 Å². The number of alkyl halides is 3. The summed E-state index contributed by atoms with van der Waals surface area (Å²) in [5.74, 6) is -0.191. The Bertz CT molecular complexity index is 481. The Morgan fingerprint density at radius 1 is 1.50 bits per heavy atom. The molecule has 0 radical (unpaired) electrons. The number of aromatic nitrogens is 2. The Balaban J connectivity index is 2.02. The Kier molecular flexibility index (Phi) is 4.32. The monoisotopic (exact) mass is 291 g/mol. The van der Waals surface area contributed by atoms with Crippen molar-refractivity contribution in [1.29, 1.82) is 0 Å². The minimum atomic E-state index is -4.46. The van der Waals surface area contributed by atoms with E-state index >= 15 is 0 Å². The number of carbonyl (C=O) groups excluding carboxylic acids is 1. The second-order valence-corrected chi connectivity index (χ2v) is 4.77. The first kappa shape index (κ1) is 14.8. The van der Waals surface area contributed by atoms with Crippen LogP contribution in [0.1, 0.15) is 36.6 Å². The van der Waals surface area contributed by atoms with Crippen LogP contribution in [-0.4, -0.2) is 33.9 Å². The van der Waals surface area contributed by atoms with Crippen LogP contribution in [0.4, 0.5) is 13.2 Å². The number of rotatable bonds is 6. The lowest BCUT2D eigenvalue weighted by Gasteiger charge is -2.07. The van der Waals surface area contributed by atoms with E-state index in [1.165, 1.54) is 4.68 Å². The second kappa shape index (κ2) is 5.82. The lowest BCUT2D eigenvalue weighted by molar-refractivity contribution is -0.141. The number of hydrogen-bond acceptors (Lipinski definition) is 3. The molecule has 1 aliphatic rings. The quantitative estimate of drug-likeness (QED) is 0.829. The normalized spacial score (nSPS) is 15.4. The van der Waals surface area contributed by atoms with Gasteiger partial charge in [0, 0.05) is 31.1 Å². The zero-order chi connectivity index (χ0) is 14.8. The zero-order valence-corrected chi connectivity index (χ0v) is 10.8. The highest BCUT2D eigenvalue weighted by Gasteiger charge is 2.37. The summed E-state index contributed by atoms with van der Waals surface area (Å²) in [5.41, 5.74) is -0.359. The van der Waals surface area contributed by atoms with Gasteiger partial charge in [-0.05, 0) is 18.9 Å². The van der Waals surface area contributed by atoms with Gasteiger partial charge in [-0.15, -0.1) is 0 Å². The van der Waals surface area contributed by atoms with Crippen LogP contribution in [0.3, 0.4) is 0 Å². The van der Waals surface area contributed by atoms with Crippen molar-refractivity contribution >= 4 is 5.91 Å². The molecule has 2 rings (SSSR count). The third-order valence-corrected chi connectivity index (χ3v) is 3.08. The zero-order valence-electron chi connectivity index (χ0n) is 10.8. The van der Waals surface area contributed by atoms with E-state index < -0.39 is 11.9 Å². The Hall–Kier alpha value is -1.57. The van der Waals surface area contributed by atoms with Crippen molar-refractivity contribution in [2.24, 2.45) is 0 Å². The molecule has 112 valence electrons. The summed E-state index contributed by atoms with van der Waals surface area (Å²) in [6.07, 6.45) is -2.70. The molecule has 0 spiro atoms. The summed E-state index contributed by atoms with van der Waals surface area (Å²) >= 11 is 0. The number of amides is 1. The fraction of sp³-hybridized carbons (Fsp3) is 0.667. The van der Waals surface area contributed by atoms with E-state index in [1.807, 2.05) is 0 Å². The molecule has 1 fully saturated rings. The molecule has 1 aliphatic carbocycles. The first-order chi connectivity index (χ1) is 9.41. The van der Waals surface area contributed by atoms with E-state index in [0.29, 0.717) is 5.69 Å². The van der Waals surface area contributed by atoms with Crippen LogP contribution in [0.5, 0.6) is 0 Å². The lowest BCUT2D eigenvalue weighted by atomic mass is 10.2. The van der Waals surface area contributed by atoms with Gasteiger partial charge in [-0.1, -0.05) is 0 Å². The number of aliphatic hydroxyl groups excluding tert-OH is 1. The molecule has 1 aromatic rings. The SMILES string of the molecule is O=C(CCn1nc(C(F)(F)F)cc1C1CC1)NCCO. The van der Waals surface area contributed by atoms with Crippen molar-refractivity contribution in [1.82, 2.24) is 15.1 Å². The lowest BCUT2D eigenvalue weighted by Crippen LogP contribution is -2.27. The number of hydrogen-bond donors (Lipinski definition) is 2. The maximum Gasteiger partial charge on any atom is 0.435 e. The number of aliphatic hydroxyl groups is 1. The smallest absolute Gasteiger partial charge is 0.395 e. The summed E-state index contributed by atoms with van der Waals surface area (Å²) < 4.78 is 39.2. The number of nitrogens with one attached hydrogen (secondary N) is 1. The van der Waals surface area contributed by atoms with Crippen LogP contribution in [0.2, 0.25) is 0 Å². The molecule has 0 aliphatic heterocycles. The summed E-state index contributed by atoms with van der Waals surface area (Å²) in [5, 5.41) is 14.6. The molecule has 1 heterocycles. The largest absolute Gasteiger partial charge is 0.435 e. The van der Waals surface area contributed by atoms with E-state index in [4.69, 9.17) is 5.11 Å². The summed E-state index contributed by atoms with van der Waals surface area (Å²) in [7, 11) is 0. The number of carbonyl (C=O) groups is 1. The van der Waals surface area contributed by atoms with E-state index in [1.54, 1.807) is 0 Å². The van der Waals surface area contributed by atoms with Crippen LogP contribution in [-0.2, 0) is 17.5 Å². The highest BCUT2D eigenvalue weighted by atomic mass is 19.4. The third kappa shape index (κ3) is 3.72. The van der Waals surface area contributed by atoms with Gasteiger partial charge < -0.3 is 10.4 Å². The molecule has 0 bridgehead atoms. The molecule has 1 saturated carbocycles. The van der Waals surface area contributed by atoms with Gasteiger partial charge in [0.1, 0.15) is 0 Å². The van der Waals surface area contributed by atoms with Crippen LogP contribution >= 0.6 is 0 Å². The van der Waals surface area contributed by atoms with Crippen molar-refractivity contribution in [2.45, 2.75) is 37.9 Å². The topological polar surface area (TPSA) is 67.2 Å². The third-order valence-electron chi connectivity index (χ3n) is 3.08. The molecule has 20 heavy (non-hydrogen) atoms. The van der Waals surface area contributed by atoms with Gasteiger partial charge >= 0.3 is 6.18 Å². The molecule has 0 aromatic carbocycles. The fourth-order valence-corrected chi connectivity index (χ4v) is 1.95. The summed E-state index contributed by atoms with van der Waals surface area (Å²) in [6.45, 7) is 0.0828. The van der Waals surface area contributed by atoms with Crippen molar-refractivity contribution < 1.29 is 23.1 Å². The predicted molar refractivity (Wildman–Crippen MR) is 63.9 cm³/mol. The van der Waals surface area contributed by atoms with Crippen LogP contribution in [0, 0.1) is 0 Å². The van der Waals surface area contributed by atoms with Gasteiger partial charge in [0.25, 0.3) is 0 Å². The minimum absolute atomic E-state index is 0.0404. The highest BCUT2D eigenvalue weighted by molar-refractivity contribution is 5.75. The van der Waals surface area contributed by atoms with Crippen LogP contribution < -0.4 is 5.32 Å². The van der Waals surface area contributed by atoms with E-state index in [0.717, 1.165) is 18.9 Å². The average molecular weight is 291 g/mol. The first-order valence-corrected chi connectivity index (χ1v) is 6.44. The average Bonchev–Trinajstić information content (AvgIpc) is 3.12. The Labute approximate surface area is 113 Å². The van der Waals surface area contributed by atoms with Gasteiger partial charge in [-0.25, -0.2) is 0 Å². The molecule has 0 atom stereocenters. The van der Waals surface area contributed by atoms with Crippen LogP contribution in [0.15, 0.2) is 6.07 Å². The predicted octanol–water partition coefficient (Wildman–Crippen LogP) is 1.28. The molecule has 1 amide bonds. The number of halogens is 3. The summed E-state index contributed by atoms with van der Waals surface area (Å²) in [4.78, 5) is 11.4. The summed E-state index contributed by atoms with van der Waals surface area (Å²) in [6, 6.07) is 1.07. The van der Waals surface area contributed by atoms with Gasteiger partial charge in [0.15, 0.2) is 5.69 Å². The van der Waals surface area contributed by atoms with Crippen molar-refractivity contribution in [2.75, 3.05) is 13.2 Å². The van der Waals surface area contributed by atoms with Crippen molar-refractivity contribution in [3.05, 3.63) is 17.5 Å². The molecule has 1 aromatic heterocycles. The van der Waals surface area contributed by atoms with Crippen molar-refractivity contribution in [3.8, 4) is 0 Å². The van der Waals surface area contributed by atoms with Gasteiger partial charge in [-0.3, -0.25) is 9.48 Å². The Morgan fingerprint density at radius 3 is 2.75 bits per heavy atom. The maximum absolute atomic E-state index is 12.6. The van der Waals surface area contributed by atoms with E-state index in [9.17, 15) is 18.0 Å². The molecular weight excluding hydrogens is 275 g/mol. The second-order valence-electron chi connectivity index (χ2n) is 4.77. The fourth-order valence-electron chi connectivity index (χ4n) is 1.95. The molecule has 5 nitrogen and oxygen atoms in total. The molecule has 0 unspecified atom stereocenters. The first-order valence-electron chi connectivity index (χ1n) is 6.44. The molecule has 2 N–H and O–H groups in total. The molecule has 0 saturated heterocycles. The van der Waals surface area contributed by atoms with Gasteiger partial charge in [0.2, 0.25) is 5.91 Å².